The SMILES string of the molecule is Cc1nc(C(NC(=O)C(C)N2Cc3ccc(-c4nc(NC5CCOCC5)ncc4Cl)cc3C2=O)C(C)O)ccc1F. The predicted octanol–water partition coefficient (Wildman–Crippen LogP) is 3.81. The molecule has 0 saturated carbocycles. The molecule has 41 heavy (non-hydrogen) atoms. The lowest BCUT2D eigenvalue weighted by Gasteiger charge is -2.27. The Morgan fingerprint density at radius 3 is 2.66 bits per heavy atom. The molecule has 2 amide bonds. The number of halogens is 2. The van der Waals surface area contributed by atoms with Crippen LogP contribution in [0.15, 0.2) is 36.5 Å². The number of carbonyl (C=O) groups is 2. The molecule has 216 valence electrons. The zero-order valence-electron chi connectivity index (χ0n) is 23.0. The highest BCUT2D eigenvalue weighted by Crippen LogP contribution is 2.32. The smallest absolute Gasteiger partial charge is 0.255 e. The minimum Gasteiger partial charge on any atom is -0.391 e. The highest BCUT2D eigenvalue weighted by atomic mass is 35.5. The Bertz CT molecular complexity index is 1470. The van der Waals surface area contributed by atoms with Crippen LogP contribution in [0.4, 0.5) is 10.3 Å². The van der Waals surface area contributed by atoms with Crippen molar-refractivity contribution in [1.29, 1.82) is 0 Å². The van der Waals surface area contributed by atoms with Crippen LogP contribution in [-0.2, 0) is 16.1 Å². The number of aliphatic hydroxyl groups is 1. The number of hydrogen-bond donors (Lipinski definition) is 3. The van der Waals surface area contributed by atoms with E-state index in [1.54, 1.807) is 13.0 Å². The number of fused-ring (bicyclic) bond motifs is 1. The third-order valence-corrected chi connectivity index (χ3v) is 7.78. The summed E-state index contributed by atoms with van der Waals surface area (Å²) in [6.45, 7) is 6.25. The first-order valence-electron chi connectivity index (χ1n) is 13.5. The van der Waals surface area contributed by atoms with Crippen LogP contribution in [0.1, 0.15) is 60.0 Å². The van der Waals surface area contributed by atoms with Gasteiger partial charge in [-0.1, -0.05) is 23.7 Å². The van der Waals surface area contributed by atoms with Crippen molar-refractivity contribution >= 4 is 29.4 Å². The van der Waals surface area contributed by atoms with Gasteiger partial charge in [-0.15, -0.1) is 0 Å². The number of anilines is 1. The standard InChI is InChI=1S/C29H32ClFN6O4/c1-15-23(31)6-7-24(33-15)25(17(3)38)35-27(39)16(2)37-14-19-5-4-18(12-21(19)28(37)40)26-22(30)13-32-29(36-26)34-20-8-10-41-11-9-20/h4-7,12-13,16-17,20,25,38H,8-11,14H2,1-3H3,(H,35,39)(H,32,34,36). The second-order valence-corrected chi connectivity index (χ2v) is 10.8. The van der Waals surface area contributed by atoms with Crippen LogP contribution in [0.3, 0.4) is 0 Å². The van der Waals surface area contributed by atoms with E-state index in [4.69, 9.17) is 16.3 Å². The van der Waals surface area contributed by atoms with Crippen LogP contribution in [0, 0.1) is 12.7 Å². The van der Waals surface area contributed by atoms with Gasteiger partial charge in [0.25, 0.3) is 5.91 Å². The average Bonchev–Trinajstić information content (AvgIpc) is 3.29. The molecule has 3 aromatic rings. The molecule has 1 aromatic carbocycles. The van der Waals surface area contributed by atoms with Crippen molar-refractivity contribution in [2.24, 2.45) is 0 Å². The number of ether oxygens (including phenoxy) is 1. The molecule has 5 rings (SSSR count). The van der Waals surface area contributed by atoms with Crippen LogP contribution in [0.25, 0.3) is 11.3 Å². The molecule has 3 atom stereocenters. The molecule has 1 fully saturated rings. The second kappa shape index (κ2) is 12.1. The van der Waals surface area contributed by atoms with Crippen molar-refractivity contribution < 1.29 is 23.8 Å². The molecule has 0 aliphatic carbocycles. The van der Waals surface area contributed by atoms with E-state index in [0.29, 0.717) is 46.7 Å². The number of pyridine rings is 1. The summed E-state index contributed by atoms with van der Waals surface area (Å²) >= 11 is 6.46. The molecular formula is C29H32ClFN6O4. The van der Waals surface area contributed by atoms with Gasteiger partial charge < -0.3 is 25.4 Å². The fraction of sp³-hybridized carbons (Fsp3) is 0.414. The zero-order valence-corrected chi connectivity index (χ0v) is 23.8. The lowest BCUT2D eigenvalue weighted by atomic mass is 10.0. The zero-order chi connectivity index (χ0) is 29.3. The van der Waals surface area contributed by atoms with Crippen LogP contribution in [0.5, 0.6) is 0 Å². The van der Waals surface area contributed by atoms with Gasteiger partial charge in [0.1, 0.15) is 11.9 Å². The number of aryl methyl sites for hydroxylation is 1. The summed E-state index contributed by atoms with van der Waals surface area (Å²) < 4.78 is 19.1. The summed E-state index contributed by atoms with van der Waals surface area (Å²) in [4.78, 5) is 41.3. The molecular weight excluding hydrogens is 551 g/mol. The first-order chi connectivity index (χ1) is 19.6. The van der Waals surface area contributed by atoms with E-state index in [1.807, 2.05) is 12.1 Å². The quantitative estimate of drug-likeness (QED) is 0.366. The minimum atomic E-state index is -0.999. The molecule has 0 bridgehead atoms. The second-order valence-electron chi connectivity index (χ2n) is 10.4. The summed E-state index contributed by atoms with van der Waals surface area (Å²) in [5, 5.41) is 16.8. The molecule has 0 spiro atoms. The lowest BCUT2D eigenvalue weighted by molar-refractivity contribution is -0.126. The maximum absolute atomic E-state index is 13.7. The van der Waals surface area contributed by atoms with Crippen LogP contribution in [0.2, 0.25) is 5.02 Å². The molecule has 2 aliphatic heterocycles. The Morgan fingerprint density at radius 1 is 1.20 bits per heavy atom. The van der Waals surface area contributed by atoms with E-state index in [2.05, 4.69) is 25.6 Å². The summed E-state index contributed by atoms with van der Waals surface area (Å²) in [5.41, 5.74) is 2.87. The molecule has 3 unspecified atom stereocenters. The fourth-order valence-corrected chi connectivity index (χ4v) is 5.24. The van der Waals surface area contributed by atoms with E-state index < -0.39 is 29.9 Å². The number of aliphatic hydroxyl groups excluding tert-OH is 1. The normalized spacial score (nSPS) is 17.6. The number of benzene rings is 1. The topological polar surface area (TPSA) is 130 Å². The molecule has 1 saturated heterocycles. The van der Waals surface area contributed by atoms with Crippen molar-refractivity contribution in [2.75, 3.05) is 18.5 Å². The number of amides is 2. The number of aromatic nitrogens is 3. The Labute approximate surface area is 242 Å². The highest BCUT2D eigenvalue weighted by Gasteiger charge is 2.35. The van der Waals surface area contributed by atoms with E-state index in [0.717, 1.165) is 18.4 Å². The van der Waals surface area contributed by atoms with Gasteiger partial charge in [-0.3, -0.25) is 14.6 Å². The highest BCUT2D eigenvalue weighted by molar-refractivity contribution is 6.33. The molecule has 10 nitrogen and oxygen atoms in total. The van der Waals surface area contributed by atoms with E-state index in [-0.39, 0.29) is 24.2 Å². The number of hydrogen-bond acceptors (Lipinski definition) is 8. The number of nitrogens with one attached hydrogen (secondary N) is 2. The first kappa shape index (κ1) is 28.8. The lowest BCUT2D eigenvalue weighted by Crippen LogP contribution is -2.48. The van der Waals surface area contributed by atoms with Crippen LogP contribution in [-0.4, -0.2) is 68.2 Å². The Kier molecular flexibility index (Phi) is 8.48. The summed E-state index contributed by atoms with van der Waals surface area (Å²) in [6.07, 6.45) is 2.25. The maximum atomic E-state index is 13.7. The molecule has 2 aromatic heterocycles. The molecule has 2 aliphatic rings. The van der Waals surface area contributed by atoms with Crippen molar-refractivity contribution in [1.82, 2.24) is 25.2 Å². The van der Waals surface area contributed by atoms with E-state index in [1.165, 1.54) is 37.1 Å². The molecule has 12 heteroatoms. The van der Waals surface area contributed by atoms with Gasteiger partial charge in [0.05, 0.1) is 40.4 Å². The maximum Gasteiger partial charge on any atom is 0.255 e. The Balaban J connectivity index is 1.32. The van der Waals surface area contributed by atoms with Crippen molar-refractivity contribution in [3.8, 4) is 11.3 Å². The van der Waals surface area contributed by atoms with Crippen LogP contribution >= 0.6 is 11.6 Å². The third-order valence-electron chi connectivity index (χ3n) is 7.50. The number of nitrogens with zero attached hydrogens (tertiary/aromatic N) is 4. The number of carbonyl (C=O) groups excluding carboxylic acids is 2. The van der Waals surface area contributed by atoms with Crippen molar-refractivity contribution in [3.63, 3.8) is 0 Å². The van der Waals surface area contributed by atoms with Gasteiger partial charge in [0.15, 0.2) is 0 Å². The van der Waals surface area contributed by atoms with Crippen molar-refractivity contribution in [2.45, 2.75) is 64.4 Å². The van der Waals surface area contributed by atoms with Crippen LogP contribution < -0.4 is 10.6 Å². The van der Waals surface area contributed by atoms with E-state index in [9.17, 15) is 19.1 Å². The molecule has 0 radical (unpaired) electrons. The third kappa shape index (κ3) is 6.17. The van der Waals surface area contributed by atoms with Gasteiger partial charge in [0, 0.05) is 36.9 Å². The monoisotopic (exact) mass is 582 g/mol. The molecule has 3 N–H and O–H groups in total. The largest absolute Gasteiger partial charge is 0.391 e. The molecule has 4 heterocycles. The van der Waals surface area contributed by atoms with Gasteiger partial charge in [-0.05, 0) is 57.4 Å². The van der Waals surface area contributed by atoms with E-state index >= 15 is 0 Å². The number of rotatable bonds is 8. The predicted molar refractivity (Wildman–Crippen MR) is 151 cm³/mol. The van der Waals surface area contributed by atoms with Gasteiger partial charge in [0.2, 0.25) is 11.9 Å². The Morgan fingerprint density at radius 2 is 1.95 bits per heavy atom. The van der Waals surface area contributed by atoms with Gasteiger partial charge in [-0.2, -0.15) is 0 Å². The Hall–Kier alpha value is -3.67. The van der Waals surface area contributed by atoms with Gasteiger partial charge >= 0.3 is 0 Å². The van der Waals surface area contributed by atoms with Gasteiger partial charge in [-0.25, -0.2) is 14.4 Å². The first-order valence-corrected chi connectivity index (χ1v) is 13.9. The summed E-state index contributed by atoms with van der Waals surface area (Å²) in [5.74, 6) is -0.801. The summed E-state index contributed by atoms with van der Waals surface area (Å²) in [7, 11) is 0. The fourth-order valence-electron chi connectivity index (χ4n) is 5.04. The van der Waals surface area contributed by atoms with Crippen molar-refractivity contribution in [3.05, 3.63) is 69.9 Å². The average molecular weight is 583 g/mol. The minimum absolute atomic E-state index is 0.159. The summed E-state index contributed by atoms with van der Waals surface area (Å²) in [6, 6.07) is 6.56.